The van der Waals surface area contributed by atoms with Gasteiger partial charge in [0.15, 0.2) is 10.8 Å². The van der Waals surface area contributed by atoms with E-state index in [1.54, 1.807) is 6.20 Å². The summed E-state index contributed by atoms with van der Waals surface area (Å²) in [6, 6.07) is 1.22. The number of carbonyl (C=O) groups excluding carboxylic acids is 1. The molecule has 0 unspecified atom stereocenters. The van der Waals surface area contributed by atoms with Gasteiger partial charge in [-0.05, 0) is 13.0 Å². The zero-order chi connectivity index (χ0) is 12.4. The molecular weight excluding hydrogens is 250 g/mol. The molecule has 8 heteroatoms. The van der Waals surface area contributed by atoms with E-state index in [9.17, 15) is 13.6 Å². The molecule has 0 aliphatic rings. The minimum Gasteiger partial charge on any atom is -0.296 e. The summed E-state index contributed by atoms with van der Waals surface area (Å²) in [6.07, 6.45) is 2.66. The van der Waals surface area contributed by atoms with Gasteiger partial charge >= 0.3 is 6.55 Å². The van der Waals surface area contributed by atoms with Crippen LogP contribution in [0.25, 0.3) is 0 Å². The van der Waals surface area contributed by atoms with Crippen LogP contribution in [0.4, 0.5) is 13.9 Å². The number of amides is 1. The van der Waals surface area contributed by atoms with Crippen LogP contribution in [-0.2, 0) is 0 Å². The maximum Gasteiger partial charge on any atom is 0.333 e. The number of aromatic nitrogens is 3. The molecule has 2 aromatic heterocycles. The minimum atomic E-state index is -2.75. The van der Waals surface area contributed by atoms with Gasteiger partial charge in [-0.1, -0.05) is 0 Å². The zero-order valence-electron chi connectivity index (χ0n) is 8.72. The van der Waals surface area contributed by atoms with Gasteiger partial charge in [-0.2, -0.15) is 13.9 Å². The van der Waals surface area contributed by atoms with E-state index in [0.717, 1.165) is 11.1 Å². The Morgan fingerprint density at radius 2 is 2.35 bits per heavy atom. The van der Waals surface area contributed by atoms with Crippen LogP contribution in [0.5, 0.6) is 0 Å². The third-order valence-electron chi connectivity index (χ3n) is 1.88. The molecule has 2 heterocycles. The third-order valence-corrected chi connectivity index (χ3v) is 2.71. The van der Waals surface area contributed by atoms with Crippen LogP contribution in [0.3, 0.4) is 0 Å². The molecule has 0 fully saturated rings. The molecule has 0 saturated heterocycles. The minimum absolute atomic E-state index is 0.0712. The van der Waals surface area contributed by atoms with Crippen molar-refractivity contribution in [2.45, 2.75) is 13.5 Å². The summed E-state index contributed by atoms with van der Waals surface area (Å²) in [5.74, 6) is -0.557. The Labute approximate surface area is 99.1 Å². The van der Waals surface area contributed by atoms with Gasteiger partial charge in [0.2, 0.25) is 0 Å². The van der Waals surface area contributed by atoms with Gasteiger partial charge in [0.05, 0.1) is 0 Å². The van der Waals surface area contributed by atoms with E-state index >= 15 is 0 Å². The van der Waals surface area contributed by atoms with Crippen molar-refractivity contribution >= 4 is 22.4 Å². The maximum atomic E-state index is 12.2. The van der Waals surface area contributed by atoms with Gasteiger partial charge in [-0.15, -0.1) is 11.3 Å². The SMILES string of the molecule is Cc1cnc(NC(=O)c2ccn(C(F)F)n2)s1. The highest BCUT2D eigenvalue weighted by molar-refractivity contribution is 7.15. The fraction of sp³-hybridized carbons (Fsp3) is 0.222. The van der Waals surface area contributed by atoms with Gasteiger partial charge in [-0.3, -0.25) is 10.1 Å². The second kappa shape index (κ2) is 4.58. The first-order valence-electron chi connectivity index (χ1n) is 4.63. The average molecular weight is 258 g/mol. The summed E-state index contributed by atoms with van der Waals surface area (Å²) in [5, 5.41) is 6.34. The molecule has 2 aromatic rings. The van der Waals surface area contributed by atoms with Gasteiger partial charge in [-0.25, -0.2) is 9.67 Å². The molecule has 0 aliphatic heterocycles. The summed E-state index contributed by atoms with van der Waals surface area (Å²) in [5.41, 5.74) is -0.0712. The molecule has 0 aliphatic carbocycles. The molecule has 1 amide bonds. The van der Waals surface area contributed by atoms with Crippen LogP contribution in [0.15, 0.2) is 18.5 Å². The average Bonchev–Trinajstić information content (AvgIpc) is 2.86. The first-order chi connectivity index (χ1) is 8.06. The van der Waals surface area contributed by atoms with Gasteiger partial charge in [0.25, 0.3) is 5.91 Å². The monoisotopic (exact) mass is 258 g/mol. The van der Waals surface area contributed by atoms with Gasteiger partial charge < -0.3 is 0 Å². The number of hydrogen-bond donors (Lipinski definition) is 1. The number of nitrogens with one attached hydrogen (secondary N) is 1. The number of rotatable bonds is 3. The Hall–Kier alpha value is -1.83. The highest BCUT2D eigenvalue weighted by Crippen LogP contribution is 2.17. The van der Waals surface area contributed by atoms with Crippen LogP contribution in [-0.4, -0.2) is 20.7 Å². The van der Waals surface area contributed by atoms with Crippen molar-refractivity contribution in [1.82, 2.24) is 14.8 Å². The highest BCUT2D eigenvalue weighted by Gasteiger charge is 2.14. The topological polar surface area (TPSA) is 59.8 Å². The number of aryl methyl sites for hydroxylation is 1. The number of thiazole rings is 1. The Balaban J connectivity index is 2.09. The van der Waals surface area contributed by atoms with Crippen LogP contribution in [0, 0.1) is 6.92 Å². The van der Waals surface area contributed by atoms with Crippen LogP contribution < -0.4 is 5.32 Å². The molecule has 5 nitrogen and oxygen atoms in total. The number of halogens is 2. The lowest BCUT2D eigenvalue weighted by atomic mass is 10.4. The molecular formula is C9H8F2N4OS. The Kier molecular flexibility index (Phi) is 3.14. The van der Waals surface area contributed by atoms with Crippen molar-refractivity contribution in [3.8, 4) is 0 Å². The van der Waals surface area contributed by atoms with Crippen LogP contribution in [0.2, 0.25) is 0 Å². The largest absolute Gasteiger partial charge is 0.333 e. The molecule has 2 rings (SSSR count). The van der Waals surface area contributed by atoms with Crippen molar-refractivity contribution in [3.05, 3.63) is 29.0 Å². The Morgan fingerprint density at radius 1 is 1.59 bits per heavy atom. The molecule has 0 atom stereocenters. The number of anilines is 1. The quantitative estimate of drug-likeness (QED) is 0.918. The standard InChI is InChI=1S/C9H8F2N4OS/c1-5-4-12-9(17-5)13-7(16)6-2-3-15(14-6)8(10)11/h2-4,8H,1H3,(H,12,13,16). The summed E-state index contributed by atoms with van der Waals surface area (Å²) in [7, 11) is 0. The fourth-order valence-corrected chi connectivity index (χ4v) is 1.80. The summed E-state index contributed by atoms with van der Waals surface area (Å²) in [6.45, 7) is -0.905. The second-order valence-electron chi connectivity index (χ2n) is 3.19. The van der Waals surface area contributed by atoms with Crippen LogP contribution >= 0.6 is 11.3 Å². The van der Waals surface area contributed by atoms with E-state index in [1.807, 2.05) is 6.92 Å². The molecule has 0 saturated carbocycles. The molecule has 90 valence electrons. The fourth-order valence-electron chi connectivity index (χ4n) is 1.14. The molecule has 0 bridgehead atoms. The van der Waals surface area contributed by atoms with Crippen molar-refractivity contribution in [3.63, 3.8) is 0 Å². The first kappa shape index (κ1) is 11.6. The van der Waals surface area contributed by atoms with E-state index in [2.05, 4.69) is 15.4 Å². The number of carbonyl (C=O) groups is 1. The van der Waals surface area contributed by atoms with E-state index in [4.69, 9.17) is 0 Å². The van der Waals surface area contributed by atoms with E-state index < -0.39 is 12.5 Å². The number of hydrogen-bond acceptors (Lipinski definition) is 4. The van der Waals surface area contributed by atoms with Crippen LogP contribution in [0.1, 0.15) is 21.9 Å². The van der Waals surface area contributed by atoms with Crippen molar-refractivity contribution in [1.29, 1.82) is 0 Å². The van der Waals surface area contributed by atoms with Gasteiger partial charge in [0.1, 0.15) is 0 Å². The summed E-state index contributed by atoms with van der Waals surface area (Å²) in [4.78, 5) is 16.5. The van der Waals surface area contributed by atoms with E-state index in [-0.39, 0.29) is 5.69 Å². The van der Waals surface area contributed by atoms with E-state index in [0.29, 0.717) is 9.81 Å². The highest BCUT2D eigenvalue weighted by atomic mass is 32.1. The number of nitrogens with zero attached hydrogens (tertiary/aromatic N) is 3. The predicted octanol–water partition coefficient (Wildman–Crippen LogP) is 2.30. The molecule has 0 aromatic carbocycles. The summed E-state index contributed by atoms with van der Waals surface area (Å²) < 4.78 is 24.9. The predicted molar refractivity (Wildman–Crippen MR) is 58.3 cm³/mol. The normalized spacial score (nSPS) is 10.8. The lowest BCUT2D eigenvalue weighted by molar-refractivity contribution is 0.0561. The van der Waals surface area contributed by atoms with Gasteiger partial charge in [0, 0.05) is 17.3 Å². The maximum absolute atomic E-state index is 12.2. The second-order valence-corrected chi connectivity index (χ2v) is 4.42. The molecule has 0 spiro atoms. The lowest BCUT2D eigenvalue weighted by Gasteiger charge is -1.98. The smallest absolute Gasteiger partial charge is 0.296 e. The third kappa shape index (κ3) is 2.64. The van der Waals surface area contributed by atoms with Crippen molar-refractivity contribution < 1.29 is 13.6 Å². The van der Waals surface area contributed by atoms with E-state index in [1.165, 1.54) is 17.4 Å². The Morgan fingerprint density at radius 3 is 2.88 bits per heavy atom. The zero-order valence-corrected chi connectivity index (χ0v) is 9.54. The molecule has 1 N–H and O–H groups in total. The lowest BCUT2D eigenvalue weighted by Crippen LogP contribution is -2.13. The Bertz CT molecular complexity index is 537. The van der Waals surface area contributed by atoms with Crippen molar-refractivity contribution in [2.75, 3.05) is 5.32 Å². The summed E-state index contributed by atoms with van der Waals surface area (Å²) >= 11 is 1.30. The van der Waals surface area contributed by atoms with Crippen molar-refractivity contribution in [2.24, 2.45) is 0 Å². The molecule has 0 radical (unpaired) electrons. The molecule has 17 heavy (non-hydrogen) atoms. The number of alkyl halides is 2. The first-order valence-corrected chi connectivity index (χ1v) is 5.45.